The summed E-state index contributed by atoms with van der Waals surface area (Å²) in [5.74, 6) is -4.06. The summed E-state index contributed by atoms with van der Waals surface area (Å²) in [6, 6.07) is 3.14. The molecule has 10 heteroatoms. The molecule has 0 saturated heterocycles. The molecular formula is C10H8F2N6O2. The standard InChI is InChI=1S/C10H8F2N6O2/c11-7-3-1-2-6(9(7)12)10(20)15-14-8(19)4-18-5-13-16-17-18/h1-3,5H,4H2,(H,14,19)(H,15,20). The molecule has 1 heterocycles. The fourth-order valence-electron chi connectivity index (χ4n) is 1.31. The lowest BCUT2D eigenvalue weighted by molar-refractivity contribution is -0.122. The van der Waals surface area contributed by atoms with E-state index in [9.17, 15) is 18.4 Å². The normalized spacial score (nSPS) is 10.1. The number of tetrazole rings is 1. The molecule has 0 fully saturated rings. The summed E-state index contributed by atoms with van der Waals surface area (Å²) in [5, 5.41) is 10.1. The van der Waals surface area contributed by atoms with Crippen LogP contribution in [0.15, 0.2) is 24.5 Å². The van der Waals surface area contributed by atoms with Crippen molar-refractivity contribution in [1.29, 1.82) is 0 Å². The number of nitrogens with one attached hydrogen (secondary N) is 2. The van der Waals surface area contributed by atoms with Gasteiger partial charge in [-0.2, -0.15) is 0 Å². The molecule has 2 aromatic rings. The van der Waals surface area contributed by atoms with Crippen molar-refractivity contribution in [2.75, 3.05) is 0 Å². The second-order valence-electron chi connectivity index (χ2n) is 3.61. The maximum atomic E-state index is 13.3. The molecule has 0 saturated carbocycles. The predicted octanol–water partition coefficient (Wildman–Crippen LogP) is -0.587. The van der Waals surface area contributed by atoms with Crippen LogP contribution in [0, 0.1) is 11.6 Å². The van der Waals surface area contributed by atoms with Gasteiger partial charge in [0.25, 0.3) is 11.8 Å². The number of rotatable bonds is 3. The molecule has 8 nitrogen and oxygen atoms in total. The van der Waals surface area contributed by atoms with Crippen LogP contribution in [0.3, 0.4) is 0 Å². The average Bonchev–Trinajstić information content (AvgIpc) is 2.92. The van der Waals surface area contributed by atoms with Gasteiger partial charge in [-0.25, -0.2) is 13.5 Å². The quantitative estimate of drug-likeness (QED) is 0.733. The molecule has 1 aromatic heterocycles. The number of hydrogen-bond donors (Lipinski definition) is 2. The number of nitrogens with zero attached hydrogens (tertiary/aromatic N) is 4. The average molecular weight is 282 g/mol. The highest BCUT2D eigenvalue weighted by Gasteiger charge is 2.15. The third kappa shape index (κ3) is 3.10. The number of hydrogen-bond acceptors (Lipinski definition) is 5. The molecule has 0 radical (unpaired) electrons. The van der Waals surface area contributed by atoms with E-state index in [-0.39, 0.29) is 6.54 Å². The van der Waals surface area contributed by atoms with Crippen LogP contribution in [0.4, 0.5) is 8.78 Å². The van der Waals surface area contributed by atoms with Crippen LogP contribution < -0.4 is 10.9 Å². The van der Waals surface area contributed by atoms with Crippen molar-refractivity contribution in [3.8, 4) is 0 Å². The van der Waals surface area contributed by atoms with Crippen molar-refractivity contribution in [3.63, 3.8) is 0 Å². The highest BCUT2D eigenvalue weighted by Crippen LogP contribution is 2.10. The van der Waals surface area contributed by atoms with Gasteiger partial charge in [-0.05, 0) is 22.6 Å². The molecule has 1 aromatic carbocycles. The fourth-order valence-corrected chi connectivity index (χ4v) is 1.31. The second kappa shape index (κ2) is 5.82. The third-order valence-corrected chi connectivity index (χ3v) is 2.21. The molecule has 0 aliphatic rings. The van der Waals surface area contributed by atoms with Crippen LogP contribution >= 0.6 is 0 Å². The molecule has 0 atom stereocenters. The summed E-state index contributed by atoms with van der Waals surface area (Å²) in [6.07, 6.45) is 1.20. The first kappa shape index (κ1) is 13.5. The van der Waals surface area contributed by atoms with E-state index in [0.29, 0.717) is 0 Å². The topological polar surface area (TPSA) is 102 Å². The zero-order chi connectivity index (χ0) is 14.5. The van der Waals surface area contributed by atoms with Crippen LogP contribution in [-0.2, 0) is 11.3 Å². The summed E-state index contributed by atoms with van der Waals surface area (Å²) in [7, 11) is 0. The summed E-state index contributed by atoms with van der Waals surface area (Å²) in [5.41, 5.74) is 3.45. The number of halogens is 2. The number of aromatic nitrogens is 4. The van der Waals surface area contributed by atoms with Crippen LogP contribution in [0.2, 0.25) is 0 Å². The Morgan fingerprint density at radius 3 is 2.75 bits per heavy atom. The van der Waals surface area contributed by atoms with Crippen LogP contribution in [0.25, 0.3) is 0 Å². The Labute approximate surface area is 110 Å². The van der Waals surface area contributed by atoms with E-state index >= 15 is 0 Å². The van der Waals surface area contributed by atoms with Gasteiger partial charge in [-0.15, -0.1) is 5.10 Å². The lowest BCUT2D eigenvalue weighted by Gasteiger charge is -2.07. The maximum Gasteiger partial charge on any atom is 0.272 e. The van der Waals surface area contributed by atoms with Crippen LogP contribution in [-0.4, -0.2) is 32.0 Å². The molecule has 0 bridgehead atoms. The van der Waals surface area contributed by atoms with Crippen molar-refractivity contribution in [2.24, 2.45) is 0 Å². The second-order valence-corrected chi connectivity index (χ2v) is 3.61. The lowest BCUT2D eigenvalue weighted by atomic mass is 10.2. The molecule has 2 amide bonds. The third-order valence-electron chi connectivity index (χ3n) is 2.21. The van der Waals surface area contributed by atoms with Gasteiger partial charge >= 0.3 is 0 Å². The van der Waals surface area contributed by atoms with Crippen molar-refractivity contribution in [3.05, 3.63) is 41.7 Å². The SMILES string of the molecule is O=C(Cn1cnnn1)NNC(=O)c1cccc(F)c1F. The van der Waals surface area contributed by atoms with Gasteiger partial charge < -0.3 is 0 Å². The number of carbonyl (C=O) groups excluding carboxylic acids is 2. The Morgan fingerprint density at radius 2 is 2.05 bits per heavy atom. The van der Waals surface area contributed by atoms with Crippen molar-refractivity contribution in [2.45, 2.75) is 6.54 Å². The minimum atomic E-state index is -1.29. The Bertz CT molecular complexity index is 631. The Morgan fingerprint density at radius 1 is 1.25 bits per heavy atom. The number of benzene rings is 1. The monoisotopic (exact) mass is 282 g/mol. The maximum absolute atomic E-state index is 13.3. The Kier molecular flexibility index (Phi) is 3.93. The van der Waals surface area contributed by atoms with E-state index in [2.05, 4.69) is 15.5 Å². The van der Waals surface area contributed by atoms with E-state index in [4.69, 9.17) is 0 Å². The number of hydrazine groups is 1. The van der Waals surface area contributed by atoms with Crippen molar-refractivity contribution in [1.82, 2.24) is 31.1 Å². The smallest absolute Gasteiger partial charge is 0.271 e. The molecular weight excluding hydrogens is 274 g/mol. The predicted molar refractivity (Wildman–Crippen MR) is 59.8 cm³/mol. The van der Waals surface area contributed by atoms with Gasteiger partial charge in [-0.3, -0.25) is 20.4 Å². The summed E-state index contributed by atoms with van der Waals surface area (Å²) in [4.78, 5) is 22.9. The van der Waals surface area contributed by atoms with Crippen molar-refractivity contribution < 1.29 is 18.4 Å². The molecule has 0 spiro atoms. The molecule has 0 unspecified atom stereocenters. The van der Waals surface area contributed by atoms with Gasteiger partial charge in [0, 0.05) is 0 Å². The molecule has 0 aliphatic carbocycles. The molecule has 104 valence electrons. The van der Waals surface area contributed by atoms with Gasteiger partial charge in [0.15, 0.2) is 11.6 Å². The van der Waals surface area contributed by atoms with E-state index in [1.807, 2.05) is 10.9 Å². The first-order valence-corrected chi connectivity index (χ1v) is 5.32. The Hall–Kier alpha value is -2.91. The summed E-state index contributed by atoms with van der Waals surface area (Å²) >= 11 is 0. The van der Waals surface area contributed by atoms with Crippen LogP contribution in [0.1, 0.15) is 10.4 Å². The summed E-state index contributed by atoms with van der Waals surface area (Å²) in [6.45, 7) is -0.237. The first-order valence-electron chi connectivity index (χ1n) is 5.32. The van der Waals surface area contributed by atoms with Gasteiger partial charge in [0.1, 0.15) is 12.9 Å². The molecule has 20 heavy (non-hydrogen) atoms. The summed E-state index contributed by atoms with van der Waals surface area (Å²) < 4.78 is 27.3. The van der Waals surface area contributed by atoms with Crippen LogP contribution in [0.5, 0.6) is 0 Å². The molecule has 2 N–H and O–H groups in total. The van der Waals surface area contributed by atoms with E-state index in [0.717, 1.165) is 16.8 Å². The number of amides is 2. The Balaban J connectivity index is 1.92. The van der Waals surface area contributed by atoms with E-state index in [1.54, 1.807) is 0 Å². The number of carbonyl (C=O) groups is 2. The highest BCUT2D eigenvalue weighted by atomic mass is 19.2. The molecule has 0 aliphatic heterocycles. The lowest BCUT2D eigenvalue weighted by Crippen LogP contribution is -2.43. The first-order chi connectivity index (χ1) is 9.58. The van der Waals surface area contributed by atoms with E-state index < -0.39 is 29.0 Å². The van der Waals surface area contributed by atoms with E-state index in [1.165, 1.54) is 12.4 Å². The zero-order valence-corrected chi connectivity index (χ0v) is 9.88. The van der Waals surface area contributed by atoms with Gasteiger partial charge in [0.05, 0.1) is 5.56 Å². The van der Waals surface area contributed by atoms with Crippen molar-refractivity contribution >= 4 is 11.8 Å². The van der Waals surface area contributed by atoms with Gasteiger partial charge in [0.2, 0.25) is 0 Å². The minimum absolute atomic E-state index is 0.237. The van der Waals surface area contributed by atoms with Gasteiger partial charge in [-0.1, -0.05) is 6.07 Å². The highest BCUT2D eigenvalue weighted by molar-refractivity contribution is 5.95. The zero-order valence-electron chi connectivity index (χ0n) is 9.88. The fraction of sp³-hybridized carbons (Fsp3) is 0.100. The largest absolute Gasteiger partial charge is 0.272 e. The minimum Gasteiger partial charge on any atom is -0.271 e. The molecule has 2 rings (SSSR count).